The van der Waals surface area contributed by atoms with Gasteiger partial charge in [0.15, 0.2) is 0 Å². The molecular weight excluding hydrogens is 200 g/mol. The maximum atomic E-state index is 11.7. The molecule has 1 amide bonds. The Bertz CT molecular complexity index is 236. The van der Waals surface area contributed by atoms with Crippen LogP contribution in [0, 0.1) is 11.8 Å². The molecule has 0 radical (unpaired) electrons. The van der Waals surface area contributed by atoms with E-state index in [2.05, 4.69) is 17.6 Å². The van der Waals surface area contributed by atoms with Crippen molar-refractivity contribution in [2.45, 2.75) is 51.5 Å². The van der Waals surface area contributed by atoms with Gasteiger partial charge in [-0.3, -0.25) is 4.79 Å². The molecule has 2 aliphatic rings. The molecule has 16 heavy (non-hydrogen) atoms. The second-order valence-corrected chi connectivity index (χ2v) is 5.33. The van der Waals surface area contributed by atoms with Crippen LogP contribution in [0.1, 0.15) is 45.4 Å². The molecule has 0 aromatic carbocycles. The molecule has 2 fully saturated rings. The molecule has 0 aromatic heterocycles. The molecular formula is C13H24N2O. The van der Waals surface area contributed by atoms with Crippen LogP contribution in [0.25, 0.3) is 0 Å². The summed E-state index contributed by atoms with van der Waals surface area (Å²) in [5, 5.41) is 6.53. The van der Waals surface area contributed by atoms with E-state index in [4.69, 9.17) is 0 Å². The van der Waals surface area contributed by atoms with Crippen LogP contribution in [0.15, 0.2) is 0 Å². The number of rotatable bonds is 5. The average molecular weight is 224 g/mol. The van der Waals surface area contributed by atoms with Gasteiger partial charge < -0.3 is 10.6 Å². The molecule has 0 aromatic rings. The predicted molar refractivity (Wildman–Crippen MR) is 65.2 cm³/mol. The molecule has 1 heterocycles. The average Bonchev–Trinajstić information content (AvgIpc) is 3.06. The SMILES string of the molecule is CCC1CC1NC(=O)CCC1CCCNC1. The maximum Gasteiger partial charge on any atom is 0.220 e. The first-order valence-corrected chi connectivity index (χ1v) is 6.79. The summed E-state index contributed by atoms with van der Waals surface area (Å²) in [5.74, 6) is 1.76. The van der Waals surface area contributed by atoms with Crippen LogP contribution in [-0.4, -0.2) is 25.0 Å². The topological polar surface area (TPSA) is 41.1 Å². The number of hydrogen-bond donors (Lipinski definition) is 2. The fourth-order valence-electron chi connectivity index (χ4n) is 2.66. The van der Waals surface area contributed by atoms with Crippen LogP contribution in [0.5, 0.6) is 0 Å². The molecule has 3 unspecified atom stereocenters. The van der Waals surface area contributed by atoms with Crippen LogP contribution in [0.3, 0.4) is 0 Å². The Hall–Kier alpha value is -0.570. The summed E-state index contributed by atoms with van der Waals surface area (Å²) >= 11 is 0. The number of carbonyl (C=O) groups is 1. The Morgan fingerprint density at radius 3 is 3.00 bits per heavy atom. The first-order chi connectivity index (χ1) is 7.79. The van der Waals surface area contributed by atoms with Gasteiger partial charge >= 0.3 is 0 Å². The van der Waals surface area contributed by atoms with Crippen molar-refractivity contribution in [2.24, 2.45) is 11.8 Å². The van der Waals surface area contributed by atoms with Crippen molar-refractivity contribution in [1.29, 1.82) is 0 Å². The van der Waals surface area contributed by atoms with Crippen molar-refractivity contribution in [3.8, 4) is 0 Å². The fraction of sp³-hybridized carbons (Fsp3) is 0.923. The standard InChI is InChI=1S/C13H24N2O/c1-2-11-8-12(11)15-13(16)6-5-10-4-3-7-14-9-10/h10-12,14H,2-9H2,1H3,(H,15,16). The fourth-order valence-corrected chi connectivity index (χ4v) is 2.66. The zero-order valence-corrected chi connectivity index (χ0v) is 10.3. The first-order valence-electron chi connectivity index (χ1n) is 6.79. The lowest BCUT2D eigenvalue weighted by molar-refractivity contribution is -0.121. The zero-order valence-electron chi connectivity index (χ0n) is 10.3. The molecule has 2 N–H and O–H groups in total. The Balaban J connectivity index is 1.57. The Morgan fingerprint density at radius 2 is 2.38 bits per heavy atom. The molecule has 1 aliphatic heterocycles. The summed E-state index contributed by atoms with van der Waals surface area (Å²) in [6.07, 6.45) is 6.75. The van der Waals surface area contributed by atoms with Gasteiger partial charge in [0.05, 0.1) is 0 Å². The van der Waals surface area contributed by atoms with E-state index < -0.39 is 0 Å². The lowest BCUT2D eigenvalue weighted by Crippen LogP contribution is -2.32. The minimum absolute atomic E-state index is 0.270. The number of piperidine rings is 1. The van der Waals surface area contributed by atoms with E-state index in [0.29, 0.717) is 6.04 Å². The van der Waals surface area contributed by atoms with E-state index in [1.165, 1.54) is 25.7 Å². The van der Waals surface area contributed by atoms with Gasteiger partial charge in [-0.25, -0.2) is 0 Å². The second kappa shape index (κ2) is 5.67. The largest absolute Gasteiger partial charge is 0.353 e. The van der Waals surface area contributed by atoms with E-state index in [1.54, 1.807) is 0 Å². The highest BCUT2D eigenvalue weighted by Crippen LogP contribution is 2.33. The number of hydrogen-bond acceptors (Lipinski definition) is 2. The van der Waals surface area contributed by atoms with Gasteiger partial charge in [-0.05, 0) is 50.6 Å². The number of amides is 1. The molecule has 3 atom stereocenters. The van der Waals surface area contributed by atoms with E-state index in [1.807, 2.05) is 0 Å². The van der Waals surface area contributed by atoms with Crippen molar-refractivity contribution in [2.75, 3.05) is 13.1 Å². The van der Waals surface area contributed by atoms with Crippen molar-refractivity contribution in [1.82, 2.24) is 10.6 Å². The van der Waals surface area contributed by atoms with Gasteiger partial charge in [0.2, 0.25) is 5.91 Å². The minimum atomic E-state index is 0.270. The molecule has 1 saturated carbocycles. The summed E-state index contributed by atoms with van der Waals surface area (Å²) in [7, 11) is 0. The Morgan fingerprint density at radius 1 is 1.50 bits per heavy atom. The summed E-state index contributed by atoms with van der Waals surface area (Å²) in [6, 6.07) is 0.502. The van der Waals surface area contributed by atoms with E-state index in [0.717, 1.165) is 37.8 Å². The Kier molecular flexibility index (Phi) is 4.22. The van der Waals surface area contributed by atoms with Crippen LogP contribution >= 0.6 is 0 Å². The highest BCUT2D eigenvalue weighted by molar-refractivity contribution is 5.76. The van der Waals surface area contributed by atoms with Crippen molar-refractivity contribution in [3.05, 3.63) is 0 Å². The summed E-state index contributed by atoms with van der Waals surface area (Å²) in [6.45, 7) is 4.46. The van der Waals surface area contributed by atoms with Crippen molar-refractivity contribution in [3.63, 3.8) is 0 Å². The molecule has 0 bridgehead atoms. The van der Waals surface area contributed by atoms with Crippen LogP contribution in [-0.2, 0) is 4.79 Å². The van der Waals surface area contributed by atoms with Gasteiger partial charge in [0.1, 0.15) is 0 Å². The van der Waals surface area contributed by atoms with Crippen LogP contribution in [0.2, 0.25) is 0 Å². The number of nitrogens with one attached hydrogen (secondary N) is 2. The summed E-state index contributed by atoms with van der Waals surface area (Å²) in [5.41, 5.74) is 0. The van der Waals surface area contributed by atoms with Gasteiger partial charge in [-0.15, -0.1) is 0 Å². The predicted octanol–water partition coefficient (Wildman–Crippen LogP) is 1.68. The van der Waals surface area contributed by atoms with E-state index >= 15 is 0 Å². The monoisotopic (exact) mass is 224 g/mol. The van der Waals surface area contributed by atoms with E-state index in [-0.39, 0.29) is 5.91 Å². The first kappa shape index (κ1) is 11.9. The molecule has 92 valence electrons. The lowest BCUT2D eigenvalue weighted by atomic mass is 9.94. The van der Waals surface area contributed by atoms with Gasteiger partial charge in [0, 0.05) is 12.5 Å². The molecule has 2 rings (SSSR count). The third-order valence-corrected chi connectivity index (χ3v) is 3.97. The summed E-state index contributed by atoms with van der Waals surface area (Å²) in [4.78, 5) is 11.7. The third kappa shape index (κ3) is 3.48. The quantitative estimate of drug-likeness (QED) is 0.746. The molecule has 0 spiro atoms. The van der Waals surface area contributed by atoms with Gasteiger partial charge in [-0.1, -0.05) is 13.3 Å². The van der Waals surface area contributed by atoms with Crippen LogP contribution < -0.4 is 10.6 Å². The van der Waals surface area contributed by atoms with Crippen molar-refractivity contribution >= 4 is 5.91 Å². The van der Waals surface area contributed by atoms with Gasteiger partial charge in [0.25, 0.3) is 0 Å². The maximum absolute atomic E-state index is 11.7. The smallest absolute Gasteiger partial charge is 0.220 e. The molecule has 1 aliphatic carbocycles. The summed E-state index contributed by atoms with van der Waals surface area (Å²) < 4.78 is 0. The van der Waals surface area contributed by atoms with Crippen molar-refractivity contribution < 1.29 is 4.79 Å². The molecule has 3 heteroatoms. The Labute approximate surface area is 98.4 Å². The lowest BCUT2D eigenvalue weighted by Gasteiger charge is -2.22. The van der Waals surface area contributed by atoms with Crippen LogP contribution in [0.4, 0.5) is 0 Å². The normalized spacial score (nSPS) is 33.4. The van der Waals surface area contributed by atoms with Gasteiger partial charge in [-0.2, -0.15) is 0 Å². The molecule has 1 saturated heterocycles. The zero-order chi connectivity index (χ0) is 11.4. The number of carbonyl (C=O) groups excluding carboxylic acids is 1. The third-order valence-electron chi connectivity index (χ3n) is 3.97. The van der Waals surface area contributed by atoms with E-state index in [9.17, 15) is 4.79 Å². The second-order valence-electron chi connectivity index (χ2n) is 5.33. The highest BCUT2D eigenvalue weighted by Gasteiger charge is 2.36. The molecule has 3 nitrogen and oxygen atoms in total. The minimum Gasteiger partial charge on any atom is -0.353 e. The highest BCUT2D eigenvalue weighted by atomic mass is 16.1.